The van der Waals surface area contributed by atoms with Gasteiger partial charge in [0.05, 0.1) is 17.7 Å². The Labute approximate surface area is 225 Å². The van der Waals surface area contributed by atoms with Crippen molar-refractivity contribution in [2.75, 3.05) is 18.0 Å². The van der Waals surface area contributed by atoms with Gasteiger partial charge < -0.3 is 15.0 Å². The summed E-state index contributed by atoms with van der Waals surface area (Å²) in [5.74, 6) is -0.270. The highest BCUT2D eigenvalue weighted by Gasteiger charge is 2.32. The van der Waals surface area contributed by atoms with Crippen molar-refractivity contribution in [3.8, 4) is 5.75 Å². The minimum absolute atomic E-state index is 0.0550. The van der Waals surface area contributed by atoms with Gasteiger partial charge in [-0.1, -0.05) is 48.0 Å². The fraction of sp³-hybridized carbons (Fsp3) is 0.310. The molecule has 0 aliphatic carbocycles. The van der Waals surface area contributed by atoms with Crippen LogP contribution in [0.2, 0.25) is 0 Å². The van der Waals surface area contributed by atoms with Crippen LogP contribution in [-0.2, 0) is 26.2 Å². The fourth-order valence-electron chi connectivity index (χ4n) is 3.99. The summed E-state index contributed by atoms with van der Waals surface area (Å²) in [5, 5.41) is 2.85. The summed E-state index contributed by atoms with van der Waals surface area (Å²) in [6, 6.07) is 21.1. The Morgan fingerprint density at radius 3 is 2.16 bits per heavy atom. The molecule has 0 aliphatic rings. The van der Waals surface area contributed by atoms with Crippen molar-refractivity contribution in [2.24, 2.45) is 0 Å². The quantitative estimate of drug-likeness (QED) is 0.397. The summed E-state index contributed by atoms with van der Waals surface area (Å²) in [6.07, 6.45) is 0. The van der Waals surface area contributed by atoms with E-state index in [9.17, 15) is 18.0 Å². The zero-order valence-electron chi connectivity index (χ0n) is 22.4. The Balaban J connectivity index is 2.02. The van der Waals surface area contributed by atoms with Crippen LogP contribution >= 0.6 is 0 Å². The Bertz CT molecular complexity index is 1340. The van der Waals surface area contributed by atoms with E-state index in [0.717, 1.165) is 15.4 Å². The third kappa shape index (κ3) is 7.13. The molecule has 38 heavy (non-hydrogen) atoms. The molecule has 3 aromatic rings. The maximum Gasteiger partial charge on any atom is 0.264 e. The molecule has 0 fully saturated rings. The molecule has 0 bridgehead atoms. The van der Waals surface area contributed by atoms with Crippen LogP contribution in [0, 0.1) is 6.92 Å². The van der Waals surface area contributed by atoms with Gasteiger partial charge in [0, 0.05) is 12.6 Å². The molecule has 2 amide bonds. The molecule has 0 aromatic heterocycles. The molecule has 0 aliphatic heterocycles. The van der Waals surface area contributed by atoms with E-state index in [4.69, 9.17) is 4.74 Å². The van der Waals surface area contributed by atoms with E-state index in [0.29, 0.717) is 11.4 Å². The van der Waals surface area contributed by atoms with Crippen LogP contribution in [0.1, 0.15) is 31.9 Å². The third-order valence-corrected chi connectivity index (χ3v) is 7.79. The van der Waals surface area contributed by atoms with Gasteiger partial charge in [-0.2, -0.15) is 0 Å². The number of benzene rings is 3. The molecule has 0 spiro atoms. The van der Waals surface area contributed by atoms with Crippen LogP contribution in [0.5, 0.6) is 5.75 Å². The lowest BCUT2D eigenvalue weighted by Gasteiger charge is -2.32. The first kappa shape index (κ1) is 28.7. The molecule has 9 heteroatoms. The predicted molar refractivity (Wildman–Crippen MR) is 148 cm³/mol. The number of carbonyl (C=O) groups excluding carboxylic acids is 2. The second-order valence-electron chi connectivity index (χ2n) is 9.37. The van der Waals surface area contributed by atoms with Crippen molar-refractivity contribution in [2.45, 2.75) is 51.2 Å². The summed E-state index contributed by atoms with van der Waals surface area (Å²) < 4.78 is 33.8. The molecule has 8 nitrogen and oxygen atoms in total. The SMILES string of the molecule is COc1ccc(N(CC(=O)N(Cc2cccc(C)c2)[C@H](C)C(=O)NC(C)C)S(=O)(=O)c2ccccc2)cc1. The van der Waals surface area contributed by atoms with Crippen molar-refractivity contribution >= 4 is 27.5 Å². The monoisotopic (exact) mass is 537 g/mol. The lowest BCUT2D eigenvalue weighted by atomic mass is 10.1. The summed E-state index contributed by atoms with van der Waals surface area (Å²) in [6.45, 7) is 6.94. The molecule has 202 valence electrons. The summed E-state index contributed by atoms with van der Waals surface area (Å²) in [5.41, 5.74) is 2.16. The number of anilines is 1. The van der Waals surface area contributed by atoms with E-state index in [1.54, 1.807) is 49.4 Å². The molecule has 3 aromatic carbocycles. The smallest absolute Gasteiger partial charge is 0.264 e. The molecule has 0 radical (unpaired) electrons. The molecule has 0 heterocycles. The highest BCUT2D eigenvalue weighted by atomic mass is 32.2. The van der Waals surface area contributed by atoms with Crippen molar-refractivity contribution < 1.29 is 22.7 Å². The Morgan fingerprint density at radius 2 is 1.58 bits per heavy atom. The lowest BCUT2D eigenvalue weighted by Crippen LogP contribution is -2.52. The number of nitrogens with zero attached hydrogens (tertiary/aromatic N) is 2. The van der Waals surface area contributed by atoms with Gasteiger partial charge in [-0.05, 0) is 69.7 Å². The standard InChI is InChI=1S/C29H35N3O5S/c1-21(2)30-29(34)23(4)31(19-24-11-9-10-22(3)18-24)28(33)20-32(25-14-16-26(37-5)17-15-25)38(35,36)27-12-7-6-8-13-27/h6-18,21,23H,19-20H2,1-5H3,(H,30,34)/t23-/m1/s1. The second kappa shape index (κ2) is 12.6. The van der Waals surface area contributed by atoms with Crippen LogP contribution in [0.4, 0.5) is 5.69 Å². The zero-order chi connectivity index (χ0) is 27.9. The number of methoxy groups -OCH3 is 1. The van der Waals surface area contributed by atoms with Crippen molar-refractivity contribution in [3.05, 3.63) is 90.0 Å². The average Bonchev–Trinajstić information content (AvgIpc) is 2.90. The van der Waals surface area contributed by atoms with Crippen LogP contribution in [0.15, 0.2) is 83.8 Å². The number of hydrogen-bond acceptors (Lipinski definition) is 5. The molecule has 0 saturated heterocycles. The minimum Gasteiger partial charge on any atom is -0.497 e. The van der Waals surface area contributed by atoms with E-state index in [1.165, 1.54) is 24.1 Å². The van der Waals surface area contributed by atoms with Crippen molar-refractivity contribution in [1.29, 1.82) is 0 Å². The Hall–Kier alpha value is -3.85. The number of amides is 2. The van der Waals surface area contributed by atoms with E-state index in [-0.39, 0.29) is 23.4 Å². The molecule has 0 unspecified atom stereocenters. The fourth-order valence-corrected chi connectivity index (χ4v) is 5.43. The first-order valence-electron chi connectivity index (χ1n) is 12.4. The van der Waals surface area contributed by atoms with E-state index in [1.807, 2.05) is 45.0 Å². The van der Waals surface area contributed by atoms with Gasteiger partial charge in [0.1, 0.15) is 18.3 Å². The molecular formula is C29H35N3O5S. The van der Waals surface area contributed by atoms with Crippen LogP contribution in [0.3, 0.4) is 0 Å². The number of aryl methyl sites for hydroxylation is 1. The lowest BCUT2D eigenvalue weighted by molar-refractivity contribution is -0.139. The Morgan fingerprint density at radius 1 is 0.921 bits per heavy atom. The molecule has 1 atom stereocenters. The van der Waals surface area contributed by atoms with Gasteiger partial charge in [-0.25, -0.2) is 8.42 Å². The third-order valence-electron chi connectivity index (χ3n) is 6.00. The largest absolute Gasteiger partial charge is 0.497 e. The normalized spacial score (nSPS) is 12.1. The van der Waals surface area contributed by atoms with Gasteiger partial charge in [-0.15, -0.1) is 0 Å². The first-order valence-corrected chi connectivity index (χ1v) is 13.8. The second-order valence-corrected chi connectivity index (χ2v) is 11.2. The zero-order valence-corrected chi connectivity index (χ0v) is 23.2. The number of hydrogen-bond donors (Lipinski definition) is 1. The van der Waals surface area contributed by atoms with Gasteiger partial charge >= 0.3 is 0 Å². The van der Waals surface area contributed by atoms with E-state index >= 15 is 0 Å². The maximum absolute atomic E-state index is 13.9. The van der Waals surface area contributed by atoms with Crippen LogP contribution in [0.25, 0.3) is 0 Å². The minimum atomic E-state index is -4.10. The number of carbonyl (C=O) groups is 2. The predicted octanol–water partition coefficient (Wildman–Crippen LogP) is 4.14. The van der Waals surface area contributed by atoms with E-state index < -0.39 is 28.5 Å². The highest BCUT2D eigenvalue weighted by Crippen LogP contribution is 2.26. The molecular weight excluding hydrogens is 502 g/mol. The number of nitrogens with one attached hydrogen (secondary N) is 1. The maximum atomic E-state index is 13.9. The number of rotatable bonds is 11. The Kier molecular flexibility index (Phi) is 9.52. The molecule has 3 rings (SSSR count). The molecule has 1 N–H and O–H groups in total. The van der Waals surface area contributed by atoms with Crippen molar-refractivity contribution in [3.63, 3.8) is 0 Å². The van der Waals surface area contributed by atoms with Gasteiger partial charge in [-0.3, -0.25) is 13.9 Å². The van der Waals surface area contributed by atoms with Gasteiger partial charge in [0.2, 0.25) is 11.8 Å². The van der Waals surface area contributed by atoms with Crippen LogP contribution < -0.4 is 14.4 Å². The summed E-state index contributed by atoms with van der Waals surface area (Å²) in [7, 11) is -2.58. The van der Waals surface area contributed by atoms with Gasteiger partial charge in [0.25, 0.3) is 10.0 Å². The first-order chi connectivity index (χ1) is 18.0. The van der Waals surface area contributed by atoms with E-state index in [2.05, 4.69) is 5.32 Å². The topological polar surface area (TPSA) is 96.0 Å². The average molecular weight is 538 g/mol. The summed E-state index contributed by atoms with van der Waals surface area (Å²) in [4.78, 5) is 28.3. The molecule has 0 saturated carbocycles. The van der Waals surface area contributed by atoms with Crippen LogP contribution in [-0.4, -0.2) is 50.9 Å². The highest BCUT2D eigenvalue weighted by molar-refractivity contribution is 7.92. The van der Waals surface area contributed by atoms with Crippen molar-refractivity contribution in [1.82, 2.24) is 10.2 Å². The number of ether oxygens (including phenoxy) is 1. The summed E-state index contributed by atoms with van der Waals surface area (Å²) >= 11 is 0. The number of sulfonamides is 1. The van der Waals surface area contributed by atoms with Gasteiger partial charge in [0.15, 0.2) is 0 Å².